The Morgan fingerprint density at radius 2 is 1.65 bits per heavy atom. The number of rotatable bonds is 1. The van der Waals surface area contributed by atoms with Crippen LogP contribution >= 0.6 is 0 Å². The largest absolute Gasteiger partial charge is 0.372 e. The molecule has 1 saturated heterocycles. The zero-order chi connectivity index (χ0) is 12.4. The molecule has 2 aliphatic rings. The molecule has 98 valence electrons. The third-order valence-electron chi connectivity index (χ3n) is 3.85. The lowest BCUT2D eigenvalue weighted by Crippen LogP contribution is -2.50. The number of hydrogen-bond acceptors (Lipinski definition) is 3. The zero-order valence-corrected chi connectivity index (χ0v) is 10.9. The minimum Gasteiger partial charge on any atom is -0.372 e. The molecule has 2 fully saturated rings. The molecule has 17 heavy (non-hydrogen) atoms. The molecule has 0 radical (unpaired) electrons. The van der Waals surface area contributed by atoms with Gasteiger partial charge in [-0.05, 0) is 39.5 Å². The predicted octanol–water partition coefficient (Wildman–Crippen LogP) is 1.14. The van der Waals surface area contributed by atoms with Crippen LogP contribution in [0.5, 0.6) is 0 Å². The summed E-state index contributed by atoms with van der Waals surface area (Å²) in [6.07, 6.45) is 4.22. The van der Waals surface area contributed by atoms with Gasteiger partial charge in [0.15, 0.2) is 0 Å². The van der Waals surface area contributed by atoms with Crippen molar-refractivity contribution in [2.24, 2.45) is 11.7 Å². The smallest absolute Gasteiger partial charge is 0.225 e. The summed E-state index contributed by atoms with van der Waals surface area (Å²) in [5, 5.41) is 0. The third kappa shape index (κ3) is 3.19. The van der Waals surface area contributed by atoms with Crippen molar-refractivity contribution in [2.75, 3.05) is 13.1 Å². The van der Waals surface area contributed by atoms with Crippen LogP contribution in [0.2, 0.25) is 0 Å². The van der Waals surface area contributed by atoms with Crippen LogP contribution in [0.25, 0.3) is 0 Å². The highest BCUT2D eigenvalue weighted by Crippen LogP contribution is 2.26. The Kier molecular flexibility index (Phi) is 4.05. The molecule has 2 N–H and O–H groups in total. The van der Waals surface area contributed by atoms with Crippen molar-refractivity contribution in [1.29, 1.82) is 0 Å². The standard InChI is InChI=1S/C13H24N2O2/c1-9-7-15(8-10(2)17-9)13(16)11-3-5-12(14)6-4-11/h9-12H,3-8,14H2,1-2H3. The number of morpholine rings is 1. The molecule has 4 nitrogen and oxygen atoms in total. The minimum atomic E-state index is 0.161. The van der Waals surface area contributed by atoms with Gasteiger partial charge in [0.2, 0.25) is 5.91 Å². The summed E-state index contributed by atoms with van der Waals surface area (Å²) < 4.78 is 5.66. The van der Waals surface area contributed by atoms with Gasteiger partial charge < -0.3 is 15.4 Å². The first-order valence-corrected chi connectivity index (χ1v) is 6.76. The summed E-state index contributed by atoms with van der Waals surface area (Å²) >= 11 is 0. The highest BCUT2D eigenvalue weighted by Gasteiger charge is 2.32. The average molecular weight is 240 g/mol. The van der Waals surface area contributed by atoms with Crippen molar-refractivity contribution >= 4 is 5.91 Å². The van der Waals surface area contributed by atoms with Gasteiger partial charge in [-0.3, -0.25) is 4.79 Å². The topological polar surface area (TPSA) is 55.6 Å². The molecule has 0 aromatic rings. The van der Waals surface area contributed by atoms with Crippen molar-refractivity contribution in [1.82, 2.24) is 4.90 Å². The van der Waals surface area contributed by atoms with Crippen LogP contribution in [0.4, 0.5) is 0 Å². The van der Waals surface area contributed by atoms with Crippen LogP contribution in [0.15, 0.2) is 0 Å². The Morgan fingerprint density at radius 3 is 2.18 bits per heavy atom. The van der Waals surface area contributed by atoms with Crippen molar-refractivity contribution in [2.45, 2.75) is 57.8 Å². The van der Waals surface area contributed by atoms with Crippen LogP contribution in [0.3, 0.4) is 0 Å². The van der Waals surface area contributed by atoms with E-state index in [1.54, 1.807) is 0 Å². The fourth-order valence-electron chi connectivity index (χ4n) is 2.98. The van der Waals surface area contributed by atoms with Gasteiger partial charge >= 0.3 is 0 Å². The van der Waals surface area contributed by atoms with E-state index in [2.05, 4.69) is 0 Å². The van der Waals surface area contributed by atoms with Gasteiger partial charge in [-0.1, -0.05) is 0 Å². The first-order chi connectivity index (χ1) is 8.06. The third-order valence-corrected chi connectivity index (χ3v) is 3.85. The molecular weight excluding hydrogens is 216 g/mol. The number of carbonyl (C=O) groups excluding carboxylic acids is 1. The van der Waals surface area contributed by atoms with Gasteiger partial charge in [0, 0.05) is 25.0 Å². The Labute approximate surface area is 103 Å². The minimum absolute atomic E-state index is 0.161. The van der Waals surface area contributed by atoms with Gasteiger partial charge in [0.25, 0.3) is 0 Å². The van der Waals surface area contributed by atoms with Crippen LogP contribution in [-0.4, -0.2) is 42.1 Å². The van der Waals surface area contributed by atoms with Crippen LogP contribution in [0.1, 0.15) is 39.5 Å². The second-order valence-corrected chi connectivity index (χ2v) is 5.61. The summed E-state index contributed by atoms with van der Waals surface area (Å²) in [6.45, 7) is 5.55. The monoisotopic (exact) mass is 240 g/mol. The highest BCUT2D eigenvalue weighted by atomic mass is 16.5. The number of nitrogens with two attached hydrogens (primary N) is 1. The molecule has 1 aliphatic heterocycles. The normalized spacial score (nSPS) is 39.1. The Balaban J connectivity index is 1.90. The summed E-state index contributed by atoms with van der Waals surface area (Å²) in [6, 6.07) is 0.307. The zero-order valence-electron chi connectivity index (χ0n) is 10.9. The maximum atomic E-state index is 12.4. The van der Waals surface area contributed by atoms with Gasteiger partial charge in [-0.2, -0.15) is 0 Å². The van der Waals surface area contributed by atoms with E-state index in [0.29, 0.717) is 11.9 Å². The molecule has 2 rings (SSSR count). The van der Waals surface area contributed by atoms with Gasteiger partial charge in [0.05, 0.1) is 12.2 Å². The van der Waals surface area contributed by atoms with Crippen LogP contribution in [0, 0.1) is 5.92 Å². The number of hydrogen-bond donors (Lipinski definition) is 1. The van der Waals surface area contributed by atoms with E-state index in [-0.39, 0.29) is 18.1 Å². The van der Waals surface area contributed by atoms with Crippen molar-refractivity contribution in [3.8, 4) is 0 Å². The lowest BCUT2D eigenvalue weighted by Gasteiger charge is -2.38. The SMILES string of the molecule is CC1CN(C(=O)C2CCC(N)CC2)CC(C)O1. The lowest BCUT2D eigenvalue weighted by atomic mass is 9.85. The number of ether oxygens (including phenoxy) is 1. The van der Waals surface area contributed by atoms with E-state index in [1.165, 1.54) is 0 Å². The van der Waals surface area contributed by atoms with E-state index >= 15 is 0 Å². The Morgan fingerprint density at radius 1 is 1.12 bits per heavy atom. The lowest BCUT2D eigenvalue weighted by molar-refractivity contribution is -0.148. The fourth-order valence-corrected chi connectivity index (χ4v) is 2.98. The van der Waals surface area contributed by atoms with E-state index in [1.807, 2.05) is 18.7 Å². The van der Waals surface area contributed by atoms with E-state index in [4.69, 9.17) is 10.5 Å². The molecule has 2 unspecified atom stereocenters. The second-order valence-electron chi connectivity index (χ2n) is 5.61. The molecule has 0 aromatic heterocycles. The average Bonchev–Trinajstić information content (AvgIpc) is 2.28. The Hall–Kier alpha value is -0.610. The molecule has 2 atom stereocenters. The second kappa shape index (κ2) is 5.36. The van der Waals surface area contributed by atoms with Gasteiger partial charge in [-0.25, -0.2) is 0 Å². The van der Waals surface area contributed by atoms with E-state index in [0.717, 1.165) is 38.8 Å². The molecule has 1 saturated carbocycles. The van der Waals surface area contributed by atoms with Crippen molar-refractivity contribution < 1.29 is 9.53 Å². The first kappa shape index (κ1) is 12.8. The number of nitrogens with zero attached hydrogens (tertiary/aromatic N) is 1. The van der Waals surface area contributed by atoms with Gasteiger partial charge in [0.1, 0.15) is 0 Å². The summed E-state index contributed by atoms with van der Waals surface area (Å²) in [5.74, 6) is 0.520. The van der Waals surface area contributed by atoms with E-state index in [9.17, 15) is 4.79 Å². The molecular formula is C13H24N2O2. The summed E-state index contributed by atoms with van der Waals surface area (Å²) in [5.41, 5.74) is 5.87. The van der Waals surface area contributed by atoms with Crippen molar-refractivity contribution in [3.63, 3.8) is 0 Å². The predicted molar refractivity (Wildman–Crippen MR) is 66.5 cm³/mol. The molecule has 1 aliphatic carbocycles. The number of amides is 1. The summed E-state index contributed by atoms with van der Waals surface area (Å²) in [7, 11) is 0. The molecule has 0 bridgehead atoms. The maximum absolute atomic E-state index is 12.4. The van der Waals surface area contributed by atoms with Gasteiger partial charge in [-0.15, -0.1) is 0 Å². The van der Waals surface area contributed by atoms with Crippen LogP contribution in [-0.2, 0) is 9.53 Å². The molecule has 1 heterocycles. The Bertz CT molecular complexity index is 265. The molecule has 1 amide bonds. The molecule has 4 heteroatoms. The quantitative estimate of drug-likeness (QED) is 0.748. The van der Waals surface area contributed by atoms with Crippen molar-refractivity contribution in [3.05, 3.63) is 0 Å². The first-order valence-electron chi connectivity index (χ1n) is 6.76. The number of carbonyl (C=O) groups is 1. The van der Waals surface area contributed by atoms with Crippen LogP contribution < -0.4 is 5.73 Å². The van der Waals surface area contributed by atoms with E-state index < -0.39 is 0 Å². The maximum Gasteiger partial charge on any atom is 0.225 e. The highest BCUT2D eigenvalue weighted by molar-refractivity contribution is 5.79. The summed E-state index contributed by atoms with van der Waals surface area (Å²) in [4.78, 5) is 14.4. The fraction of sp³-hybridized carbons (Fsp3) is 0.923. The molecule has 0 aromatic carbocycles. The molecule has 0 spiro atoms.